The van der Waals surface area contributed by atoms with Crippen molar-refractivity contribution >= 4 is 11.9 Å². The molecular formula is C16H22N2O4. The van der Waals surface area contributed by atoms with Gasteiger partial charge in [0.25, 0.3) is 0 Å². The molecule has 1 unspecified atom stereocenters. The van der Waals surface area contributed by atoms with E-state index in [4.69, 9.17) is 14.2 Å². The maximum atomic E-state index is 12.1. The van der Waals surface area contributed by atoms with Gasteiger partial charge in [-0.15, -0.1) is 0 Å². The molecule has 22 heavy (non-hydrogen) atoms. The highest BCUT2D eigenvalue weighted by Crippen LogP contribution is 2.38. The van der Waals surface area contributed by atoms with Crippen LogP contribution in [0.25, 0.3) is 6.08 Å². The lowest BCUT2D eigenvalue weighted by atomic mass is 10.1. The Morgan fingerprint density at radius 2 is 1.82 bits per heavy atom. The average Bonchev–Trinajstić information content (AvgIpc) is 2.59. The molecule has 0 saturated carbocycles. The van der Waals surface area contributed by atoms with Crippen LogP contribution in [-0.2, 0) is 4.79 Å². The summed E-state index contributed by atoms with van der Waals surface area (Å²) in [6, 6.07) is 3.43. The summed E-state index contributed by atoms with van der Waals surface area (Å²) in [5, 5.41) is 6.38. The van der Waals surface area contributed by atoms with Crippen molar-refractivity contribution < 1.29 is 19.0 Å². The van der Waals surface area contributed by atoms with E-state index in [0.29, 0.717) is 23.8 Å². The van der Waals surface area contributed by atoms with Gasteiger partial charge in [-0.1, -0.05) is 6.08 Å². The molecule has 0 bridgehead atoms. The molecule has 1 aromatic rings. The molecule has 2 rings (SSSR count). The molecule has 1 fully saturated rings. The zero-order valence-corrected chi connectivity index (χ0v) is 13.1. The van der Waals surface area contributed by atoms with Gasteiger partial charge < -0.3 is 24.8 Å². The number of ketones is 1. The molecule has 2 N–H and O–H groups in total. The van der Waals surface area contributed by atoms with E-state index in [1.165, 1.54) is 0 Å². The average molecular weight is 306 g/mol. The van der Waals surface area contributed by atoms with Crippen LogP contribution >= 0.6 is 0 Å². The van der Waals surface area contributed by atoms with Crippen molar-refractivity contribution in [2.75, 3.05) is 41.0 Å². The SMILES string of the molecule is COc1cc(/C=C/C(=O)C2CNCCN2)cc(OC)c1OC. The van der Waals surface area contributed by atoms with Gasteiger partial charge in [0.1, 0.15) is 0 Å². The molecule has 0 amide bonds. The first kappa shape index (κ1) is 16.3. The molecule has 0 radical (unpaired) electrons. The van der Waals surface area contributed by atoms with E-state index in [-0.39, 0.29) is 11.8 Å². The molecule has 120 valence electrons. The summed E-state index contributed by atoms with van der Waals surface area (Å²) in [4.78, 5) is 12.1. The number of hydrogen-bond donors (Lipinski definition) is 2. The minimum atomic E-state index is -0.174. The molecule has 1 atom stereocenters. The Bertz CT molecular complexity index is 526. The van der Waals surface area contributed by atoms with Gasteiger partial charge in [-0.2, -0.15) is 0 Å². The highest BCUT2D eigenvalue weighted by molar-refractivity contribution is 5.98. The quantitative estimate of drug-likeness (QED) is 0.760. The number of benzene rings is 1. The Morgan fingerprint density at radius 3 is 2.32 bits per heavy atom. The summed E-state index contributed by atoms with van der Waals surface area (Å²) in [5.74, 6) is 1.70. The Kier molecular flexibility index (Phi) is 5.80. The normalized spacial score (nSPS) is 18.2. The van der Waals surface area contributed by atoms with Gasteiger partial charge in [0.15, 0.2) is 17.3 Å². The maximum Gasteiger partial charge on any atom is 0.203 e. The molecule has 1 saturated heterocycles. The topological polar surface area (TPSA) is 68.8 Å². The number of carbonyl (C=O) groups is 1. The van der Waals surface area contributed by atoms with E-state index in [1.807, 2.05) is 0 Å². The second-order valence-corrected chi connectivity index (χ2v) is 4.91. The van der Waals surface area contributed by atoms with Crippen LogP contribution in [0, 0.1) is 0 Å². The standard InChI is InChI=1S/C16H22N2O4/c1-20-14-8-11(9-15(21-2)16(14)22-3)4-5-13(19)12-10-17-6-7-18-12/h4-5,8-9,12,17-18H,6-7,10H2,1-3H3/b5-4+. The van der Waals surface area contributed by atoms with E-state index in [2.05, 4.69) is 10.6 Å². The molecule has 1 heterocycles. The number of nitrogens with one attached hydrogen (secondary N) is 2. The first-order valence-electron chi connectivity index (χ1n) is 7.15. The van der Waals surface area contributed by atoms with Gasteiger partial charge in [0, 0.05) is 19.6 Å². The third-order valence-electron chi connectivity index (χ3n) is 3.51. The molecule has 0 aliphatic carbocycles. The highest BCUT2D eigenvalue weighted by Gasteiger charge is 2.18. The third-order valence-corrected chi connectivity index (χ3v) is 3.51. The maximum absolute atomic E-state index is 12.1. The van der Waals surface area contributed by atoms with Crippen LogP contribution in [-0.4, -0.2) is 52.8 Å². The zero-order chi connectivity index (χ0) is 15.9. The Morgan fingerprint density at radius 1 is 1.14 bits per heavy atom. The molecule has 1 aromatic carbocycles. The van der Waals surface area contributed by atoms with Crippen LogP contribution < -0.4 is 24.8 Å². The van der Waals surface area contributed by atoms with Gasteiger partial charge in [-0.05, 0) is 23.8 Å². The van der Waals surface area contributed by atoms with Crippen LogP contribution in [0.15, 0.2) is 18.2 Å². The molecule has 1 aliphatic rings. The second kappa shape index (κ2) is 7.82. The Labute approximate surface area is 130 Å². The number of piperazine rings is 1. The van der Waals surface area contributed by atoms with Crippen LogP contribution in [0.5, 0.6) is 17.2 Å². The van der Waals surface area contributed by atoms with Crippen molar-refractivity contribution in [2.45, 2.75) is 6.04 Å². The minimum Gasteiger partial charge on any atom is -0.493 e. The van der Waals surface area contributed by atoms with Crippen LogP contribution in [0.4, 0.5) is 0 Å². The molecule has 0 aromatic heterocycles. The Balaban J connectivity index is 2.17. The first-order chi connectivity index (χ1) is 10.7. The van der Waals surface area contributed by atoms with Crippen LogP contribution in [0.3, 0.4) is 0 Å². The lowest BCUT2D eigenvalue weighted by Crippen LogP contribution is -2.51. The lowest BCUT2D eigenvalue weighted by molar-refractivity contribution is -0.116. The van der Waals surface area contributed by atoms with Crippen molar-refractivity contribution in [3.63, 3.8) is 0 Å². The van der Waals surface area contributed by atoms with Gasteiger partial charge in [0.2, 0.25) is 5.75 Å². The lowest BCUT2D eigenvalue weighted by Gasteiger charge is -2.22. The fourth-order valence-electron chi connectivity index (χ4n) is 2.35. The number of hydrogen-bond acceptors (Lipinski definition) is 6. The fraction of sp³-hybridized carbons (Fsp3) is 0.438. The largest absolute Gasteiger partial charge is 0.493 e. The summed E-state index contributed by atoms with van der Waals surface area (Å²) >= 11 is 0. The van der Waals surface area contributed by atoms with Gasteiger partial charge >= 0.3 is 0 Å². The molecule has 0 spiro atoms. The molecule has 1 aliphatic heterocycles. The number of methoxy groups -OCH3 is 3. The predicted octanol–water partition coefficient (Wildman–Crippen LogP) is 0.856. The van der Waals surface area contributed by atoms with Crippen LogP contribution in [0.2, 0.25) is 0 Å². The van der Waals surface area contributed by atoms with Gasteiger partial charge in [-0.3, -0.25) is 4.79 Å². The number of ether oxygens (including phenoxy) is 3. The van der Waals surface area contributed by atoms with Crippen molar-refractivity contribution in [2.24, 2.45) is 0 Å². The number of rotatable bonds is 6. The van der Waals surface area contributed by atoms with Crippen molar-refractivity contribution in [1.29, 1.82) is 0 Å². The van der Waals surface area contributed by atoms with E-state index >= 15 is 0 Å². The van der Waals surface area contributed by atoms with Crippen molar-refractivity contribution in [1.82, 2.24) is 10.6 Å². The summed E-state index contributed by atoms with van der Waals surface area (Å²) in [5.41, 5.74) is 0.812. The molecular weight excluding hydrogens is 284 g/mol. The number of carbonyl (C=O) groups excluding carboxylic acids is 1. The fourth-order valence-corrected chi connectivity index (χ4v) is 2.35. The minimum absolute atomic E-state index is 0.0425. The van der Waals surface area contributed by atoms with E-state index in [9.17, 15) is 4.79 Å². The van der Waals surface area contributed by atoms with Gasteiger partial charge in [-0.25, -0.2) is 0 Å². The van der Waals surface area contributed by atoms with Crippen LogP contribution in [0.1, 0.15) is 5.56 Å². The van der Waals surface area contributed by atoms with E-state index in [1.54, 1.807) is 45.6 Å². The van der Waals surface area contributed by atoms with Crippen molar-refractivity contribution in [3.05, 3.63) is 23.8 Å². The van der Waals surface area contributed by atoms with Gasteiger partial charge in [0.05, 0.1) is 27.4 Å². The second-order valence-electron chi connectivity index (χ2n) is 4.91. The van der Waals surface area contributed by atoms with E-state index in [0.717, 1.165) is 18.7 Å². The predicted molar refractivity (Wildman–Crippen MR) is 84.8 cm³/mol. The third kappa shape index (κ3) is 3.78. The summed E-state index contributed by atoms with van der Waals surface area (Å²) in [6.07, 6.45) is 3.33. The highest BCUT2D eigenvalue weighted by atomic mass is 16.5. The molecule has 6 heteroatoms. The Hall–Kier alpha value is -2.05. The summed E-state index contributed by atoms with van der Waals surface area (Å²) < 4.78 is 15.9. The van der Waals surface area contributed by atoms with E-state index < -0.39 is 0 Å². The monoisotopic (exact) mass is 306 g/mol. The summed E-state index contributed by atoms with van der Waals surface area (Å²) in [7, 11) is 4.68. The first-order valence-corrected chi connectivity index (χ1v) is 7.15. The summed E-state index contributed by atoms with van der Waals surface area (Å²) in [6.45, 7) is 2.34. The smallest absolute Gasteiger partial charge is 0.203 e. The van der Waals surface area contributed by atoms with Crippen molar-refractivity contribution in [3.8, 4) is 17.2 Å². The molecule has 6 nitrogen and oxygen atoms in total. The zero-order valence-electron chi connectivity index (χ0n) is 13.1.